The van der Waals surface area contributed by atoms with Gasteiger partial charge in [-0.2, -0.15) is 0 Å². The fraction of sp³-hybridized carbons (Fsp3) is 0.154. The zero-order valence-electron chi connectivity index (χ0n) is 11.1. The smallest absolute Gasteiger partial charge is 0.221 e. The Morgan fingerprint density at radius 2 is 2.10 bits per heavy atom. The van der Waals surface area contributed by atoms with E-state index in [0.717, 1.165) is 5.56 Å². The summed E-state index contributed by atoms with van der Waals surface area (Å²) in [6, 6.07) is 7.30. The summed E-state index contributed by atoms with van der Waals surface area (Å²) in [7, 11) is -1.21. The van der Waals surface area contributed by atoms with E-state index in [1.807, 2.05) is 12.1 Å². The molecule has 0 bridgehead atoms. The maximum atomic E-state index is 11.5. The first-order valence-corrected chi connectivity index (χ1v) is 7.99. The third kappa shape index (κ3) is 3.03. The summed E-state index contributed by atoms with van der Waals surface area (Å²) in [5.74, 6) is 1.14. The quantitative estimate of drug-likeness (QED) is 0.737. The molecule has 0 aliphatic rings. The van der Waals surface area contributed by atoms with E-state index in [1.54, 1.807) is 29.2 Å². The molecule has 1 unspecified atom stereocenters. The van der Waals surface area contributed by atoms with Crippen molar-refractivity contribution >= 4 is 22.4 Å². The van der Waals surface area contributed by atoms with Crippen LogP contribution in [0.3, 0.4) is 0 Å². The van der Waals surface area contributed by atoms with Gasteiger partial charge in [0.2, 0.25) is 11.0 Å². The Hall–Kier alpha value is -1.99. The van der Waals surface area contributed by atoms with Crippen LogP contribution in [-0.2, 0) is 17.3 Å². The SMILES string of the molecule is CS(=O)c1nncn1Cc1ncc(-c2ccc(Cl)cc2)o1. The molecule has 1 aromatic carbocycles. The van der Waals surface area contributed by atoms with Crippen molar-refractivity contribution in [1.29, 1.82) is 0 Å². The topological polar surface area (TPSA) is 73.8 Å². The molecule has 2 heterocycles. The van der Waals surface area contributed by atoms with Gasteiger partial charge in [0.05, 0.1) is 17.0 Å². The fourth-order valence-electron chi connectivity index (χ4n) is 1.85. The minimum absolute atomic E-state index is 0.329. The van der Waals surface area contributed by atoms with Gasteiger partial charge in [-0.1, -0.05) is 11.6 Å². The van der Waals surface area contributed by atoms with Gasteiger partial charge in [0.1, 0.15) is 12.9 Å². The molecule has 2 aromatic heterocycles. The molecular weight excluding hydrogens is 312 g/mol. The number of nitrogens with zero attached hydrogens (tertiary/aromatic N) is 4. The van der Waals surface area contributed by atoms with Crippen LogP contribution in [0.2, 0.25) is 5.02 Å². The molecule has 0 saturated carbocycles. The molecule has 0 N–H and O–H groups in total. The van der Waals surface area contributed by atoms with Gasteiger partial charge in [-0.25, -0.2) is 4.98 Å². The van der Waals surface area contributed by atoms with Crippen molar-refractivity contribution in [3.8, 4) is 11.3 Å². The lowest BCUT2D eigenvalue weighted by Crippen LogP contribution is -2.05. The summed E-state index contributed by atoms with van der Waals surface area (Å²) >= 11 is 5.85. The maximum Gasteiger partial charge on any atom is 0.221 e. The predicted octanol–water partition coefficient (Wildman–Crippen LogP) is 2.37. The Morgan fingerprint density at radius 3 is 2.81 bits per heavy atom. The van der Waals surface area contributed by atoms with E-state index < -0.39 is 10.8 Å². The first kappa shape index (κ1) is 14.0. The molecule has 0 fully saturated rings. The van der Waals surface area contributed by atoms with Gasteiger partial charge in [-0.3, -0.25) is 8.78 Å². The van der Waals surface area contributed by atoms with Crippen molar-refractivity contribution in [2.75, 3.05) is 6.26 Å². The zero-order chi connectivity index (χ0) is 14.8. The van der Waals surface area contributed by atoms with Crippen molar-refractivity contribution in [3.05, 3.63) is 47.7 Å². The van der Waals surface area contributed by atoms with E-state index in [2.05, 4.69) is 15.2 Å². The molecule has 3 aromatic rings. The second kappa shape index (κ2) is 5.79. The number of halogens is 1. The molecule has 0 aliphatic heterocycles. The molecule has 21 heavy (non-hydrogen) atoms. The van der Waals surface area contributed by atoms with Gasteiger partial charge in [-0.15, -0.1) is 10.2 Å². The second-order valence-electron chi connectivity index (χ2n) is 4.32. The van der Waals surface area contributed by atoms with Gasteiger partial charge < -0.3 is 4.42 Å². The largest absolute Gasteiger partial charge is 0.439 e. The lowest BCUT2D eigenvalue weighted by Gasteiger charge is -2.00. The second-order valence-corrected chi connectivity index (χ2v) is 6.03. The Bertz CT molecular complexity index is 782. The van der Waals surface area contributed by atoms with Gasteiger partial charge >= 0.3 is 0 Å². The van der Waals surface area contributed by atoms with Crippen LogP contribution in [0.15, 0.2) is 46.4 Å². The van der Waals surface area contributed by atoms with Crippen molar-refractivity contribution in [2.45, 2.75) is 11.7 Å². The number of hydrogen-bond acceptors (Lipinski definition) is 5. The standard InChI is InChI=1S/C13H11ClN4O2S/c1-21(19)13-17-16-8-18(13)7-12-15-6-11(20-12)9-2-4-10(14)5-3-9/h2-6,8H,7H2,1H3. The predicted molar refractivity (Wildman–Crippen MR) is 78.4 cm³/mol. The van der Waals surface area contributed by atoms with E-state index in [-0.39, 0.29) is 0 Å². The number of hydrogen-bond donors (Lipinski definition) is 0. The normalized spacial score (nSPS) is 12.5. The lowest BCUT2D eigenvalue weighted by atomic mass is 10.2. The molecule has 0 saturated heterocycles. The summed E-state index contributed by atoms with van der Waals surface area (Å²) in [6.45, 7) is 0.329. The van der Waals surface area contributed by atoms with E-state index in [1.165, 1.54) is 6.33 Å². The first-order chi connectivity index (χ1) is 10.1. The van der Waals surface area contributed by atoms with Gasteiger partial charge in [0.25, 0.3) is 0 Å². The monoisotopic (exact) mass is 322 g/mol. The Labute approximate surface area is 128 Å². The molecule has 0 radical (unpaired) electrons. The highest BCUT2D eigenvalue weighted by Crippen LogP contribution is 2.22. The van der Waals surface area contributed by atoms with Crippen molar-refractivity contribution < 1.29 is 8.63 Å². The molecule has 1 atom stereocenters. The number of aromatic nitrogens is 4. The summed E-state index contributed by atoms with van der Waals surface area (Å²) in [5.41, 5.74) is 0.890. The highest BCUT2D eigenvalue weighted by atomic mass is 35.5. The van der Waals surface area contributed by atoms with Crippen LogP contribution in [0.5, 0.6) is 0 Å². The summed E-state index contributed by atoms with van der Waals surface area (Å²) < 4.78 is 18.8. The minimum Gasteiger partial charge on any atom is -0.439 e. The Morgan fingerprint density at radius 1 is 1.33 bits per heavy atom. The average molecular weight is 323 g/mol. The van der Waals surface area contributed by atoms with E-state index in [4.69, 9.17) is 16.0 Å². The Balaban J connectivity index is 1.83. The number of benzene rings is 1. The van der Waals surface area contributed by atoms with Gasteiger partial charge in [-0.05, 0) is 24.3 Å². The van der Waals surface area contributed by atoms with Crippen LogP contribution in [0.25, 0.3) is 11.3 Å². The highest BCUT2D eigenvalue weighted by Gasteiger charge is 2.12. The highest BCUT2D eigenvalue weighted by molar-refractivity contribution is 7.84. The van der Waals surface area contributed by atoms with Crippen molar-refractivity contribution in [3.63, 3.8) is 0 Å². The van der Waals surface area contributed by atoms with Crippen LogP contribution in [0.1, 0.15) is 5.89 Å². The van der Waals surface area contributed by atoms with Crippen LogP contribution in [0.4, 0.5) is 0 Å². The summed E-state index contributed by atoms with van der Waals surface area (Å²) in [5, 5.41) is 8.62. The summed E-state index contributed by atoms with van der Waals surface area (Å²) in [6.07, 6.45) is 4.70. The van der Waals surface area contributed by atoms with Crippen LogP contribution >= 0.6 is 11.6 Å². The average Bonchev–Trinajstić information content (AvgIpc) is 3.09. The molecule has 108 valence electrons. The van der Waals surface area contributed by atoms with Crippen LogP contribution in [-0.4, -0.2) is 30.2 Å². The van der Waals surface area contributed by atoms with Crippen LogP contribution < -0.4 is 0 Å². The molecule has 0 spiro atoms. The molecule has 3 rings (SSSR count). The molecule has 6 nitrogen and oxygen atoms in total. The molecular formula is C13H11ClN4O2S. The van der Waals surface area contributed by atoms with E-state index >= 15 is 0 Å². The lowest BCUT2D eigenvalue weighted by molar-refractivity contribution is 0.477. The molecule has 0 amide bonds. The number of oxazole rings is 1. The van der Waals surface area contributed by atoms with Crippen molar-refractivity contribution in [1.82, 2.24) is 19.7 Å². The Kier molecular flexibility index (Phi) is 3.85. The third-order valence-corrected chi connectivity index (χ3v) is 3.91. The molecule has 0 aliphatic carbocycles. The molecule has 8 heteroatoms. The fourth-order valence-corrected chi connectivity index (χ4v) is 2.58. The number of rotatable bonds is 4. The first-order valence-electron chi connectivity index (χ1n) is 6.05. The summed E-state index contributed by atoms with van der Waals surface area (Å²) in [4.78, 5) is 4.22. The van der Waals surface area contributed by atoms with E-state index in [9.17, 15) is 4.21 Å². The minimum atomic E-state index is -1.21. The third-order valence-electron chi connectivity index (χ3n) is 2.83. The zero-order valence-corrected chi connectivity index (χ0v) is 12.6. The van der Waals surface area contributed by atoms with Crippen molar-refractivity contribution in [2.24, 2.45) is 0 Å². The van der Waals surface area contributed by atoms with E-state index in [0.29, 0.717) is 28.4 Å². The van der Waals surface area contributed by atoms with Gasteiger partial charge in [0.15, 0.2) is 5.76 Å². The van der Waals surface area contributed by atoms with Gasteiger partial charge in [0, 0.05) is 16.8 Å². The maximum absolute atomic E-state index is 11.5. The van der Waals surface area contributed by atoms with Crippen LogP contribution in [0, 0.1) is 0 Å².